The first-order chi connectivity index (χ1) is 8.18. The number of carboxylic acids is 1. The van der Waals surface area contributed by atoms with Gasteiger partial charge in [0.05, 0.1) is 22.4 Å². The van der Waals surface area contributed by atoms with Crippen LogP contribution in [0.3, 0.4) is 0 Å². The normalized spacial score (nSPS) is 16.7. The highest BCUT2D eigenvalue weighted by Crippen LogP contribution is 2.12. The van der Waals surface area contributed by atoms with Gasteiger partial charge in [-0.15, -0.1) is 0 Å². The Balaban J connectivity index is 2.10. The molecule has 0 unspecified atom stereocenters. The van der Waals surface area contributed by atoms with Crippen LogP contribution in [0.2, 0.25) is 0 Å². The Kier molecular flexibility index (Phi) is 3.81. The minimum absolute atomic E-state index is 0.107. The molecule has 17 heavy (non-hydrogen) atoms. The number of carbonyl (C=O) groups is 2. The van der Waals surface area contributed by atoms with Gasteiger partial charge in [-0.25, -0.2) is 4.79 Å². The van der Waals surface area contributed by atoms with Crippen molar-refractivity contribution in [1.29, 1.82) is 0 Å². The van der Waals surface area contributed by atoms with Gasteiger partial charge in [0, 0.05) is 13.1 Å². The summed E-state index contributed by atoms with van der Waals surface area (Å²) in [6.45, 7) is 1.76. The first kappa shape index (κ1) is 12.1. The van der Waals surface area contributed by atoms with Crippen molar-refractivity contribution in [2.75, 3.05) is 24.6 Å². The van der Waals surface area contributed by atoms with E-state index in [0.717, 1.165) is 24.6 Å². The summed E-state index contributed by atoms with van der Waals surface area (Å²) in [5, 5.41) is 13.9. The number of carbonyl (C=O) groups excluding carboxylic acids is 2. The molecule has 1 aliphatic heterocycles. The molecule has 0 bridgehead atoms. The molecular weight excluding hydrogens is 238 g/mol. The Morgan fingerprint density at radius 3 is 2.12 bits per heavy atom. The third kappa shape index (κ3) is 2.87. The molecule has 90 valence electrons. The molecule has 1 heterocycles. The largest absolute Gasteiger partial charge is 0.545 e. The van der Waals surface area contributed by atoms with Crippen LogP contribution in [-0.4, -0.2) is 35.7 Å². The first-order valence-corrected chi connectivity index (χ1v) is 6.99. The van der Waals surface area contributed by atoms with Crippen LogP contribution in [0.25, 0.3) is 0 Å². The van der Waals surface area contributed by atoms with Crippen LogP contribution in [0.15, 0.2) is 24.3 Å². The van der Waals surface area contributed by atoms with E-state index in [4.69, 9.17) is 0 Å². The fourth-order valence-electron chi connectivity index (χ4n) is 1.71. The van der Waals surface area contributed by atoms with E-state index in [0.29, 0.717) is 5.56 Å². The molecular formula is C12H13NO3S. The zero-order chi connectivity index (χ0) is 12.3. The molecule has 0 spiro atoms. The summed E-state index contributed by atoms with van der Waals surface area (Å²) < 4.78 is 0. The molecule has 1 aromatic rings. The second kappa shape index (κ2) is 5.33. The van der Waals surface area contributed by atoms with E-state index in [1.54, 1.807) is 12.1 Å². The van der Waals surface area contributed by atoms with Crippen LogP contribution >= 0.6 is 0 Å². The van der Waals surface area contributed by atoms with E-state index in [2.05, 4.69) is 5.32 Å². The maximum atomic E-state index is 12.1. The van der Waals surface area contributed by atoms with Gasteiger partial charge < -0.3 is 15.2 Å². The second-order valence-corrected chi connectivity index (χ2v) is 5.98. The average Bonchev–Trinajstić information content (AvgIpc) is 2.39. The lowest BCUT2D eigenvalue weighted by molar-refractivity contribution is -0.255. The van der Waals surface area contributed by atoms with E-state index < -0.39 is 5.97 Å². The molecule has 0 aliphatic carbocycles. The van der Waals surface area contributed by atoms with Crippen molar-refractivity contribution in [3.8, 4) is 0 Å². The zero-order valence-corrected chi connectivity index (χ0v) is 10.1. The highest BCUT2D eigenvalue weighted by atomic mass is 32.2. The van der Waals surface area contributed by atoms with E-state index in [1.165, 1.54) is 12.1 Å². The smallest absolute Gasteiger partial charge is 0.362 e. The van der Waals surface area contributed by atoms with Crippen molar-refractivity contribution < 1.29 is 14.7 Å². The number of nitrogens with one attached hydrogen (secondary N) is 1. The van der Waals surface area contributed by atoms with Crippen molar-refractivity contribution in [1.82, 2.24) is 5.32 Å². The van der Waals surface area contributed by atoms with E-state index in [9.17, 15) is 14.7 Å². The highest BCUT2D eigenvalue weighted by molar-refractivity contribution is 8.11. The minimum Gasteiger partial charge on any atom is -0.545 e. The molecule has 0 aromatic heterocycles. The maximum absolute atomic E-state index is 12.1. The monoisotopic (exact) mass is 251 g/mol. The highest BCUT2D eigenvalue weighted by Gasteiger charge is 2.31. The fraction of sp³-hybridized carbons (Fsp3) is 0.333. The number of benzene rings is 1. The van der Waals surface area contributed by atoms with Crippen molar-refractivity contribution in [3.63, 3.8) is 0 Å². The number of carboxylic acid groups (broad SMARTS) is 1. The molecule has 0 atom stereocenters. The van der Waals surface area contributed by atoms with Gasteiger partial charge in [0.15, 0.2) is 0 Å². The van der Waals surface area contributed by atoms with Crippen molar-refractivity contribution in [3.05, 3.63) is 35.4 Å². The Morgan fingerprint density at radius 2 is 1.59 bits per heavy atom. The lowest BCUT2D eigenvalue weighted by atomic mass is 10.1. The minimum atomic E-state index is -1.21. The molecule has 1 saturated heterocycles. The van der Waals surface area contributed by atoms with Crippen LogP contribution < -0.4 is 10.4 Å². The van der Waals surface area contributed by atoms with Crippen LogP contribution in [0.4, 0.5) is 0 Å². The van der Waals surface area contributed by atoms with Gasteiger partial charge in [-0.3, -0.25) is 0 Å². The van der Waals surface area contributed by atoms with E-state index >= 15 is 0 Å². The number of hydrogen-bond donors (Lipinski definition) is 1. The van der Waals surface area contributed by atoms with Crippen molar-refractivity contribution in [2.24, 2.45) is 0 Å². The molecule has 2 rings (SSSR count). The van der Waals surface area contributed by atoms with Crippen LogP contribution in [0, 0.1) is 0 Å². The Bertz CT molecular complexity index is 424. The van der Waals surface area contributed by atoms with Gasteiger partial charge in [-0.1, -0.05) is 12.1 Å². The fourth-order valence-corrected chi connectivity index (χ4v) is 3.54. The lowest BCUT2D eigenvalue weighted by Crippen LogP contribution is -2.39. The molecule has 4 nitrogen and oxygen atoms in total. The van der Waals surface area contributed by atoms with Crippen LogP contribution in [-0.2, 0) is 10.9 Å². The van der Waals surface area contributed by atoms with E-state index in [1.807, 2.05) is 0 Å². The second-order valence-electron chi connectivity index (χ2n) is 3.80. The van der Waals surface area contributed by atoms with Crippen molar-refractivity contribution in [2.45, 2.75) is 0 Å². The summed E-state index contributed by atoms with van der Waals surface area (Å²) >= 11 is 0. The predicted molar refractivity (Wildman–Crippen MR) is 65.1 cm³/mol. The molecule has 0 saturated carbocycles. The maximum Gasteiger partial charge on any atom is 0.362 e. The molecule has 1 aliphatic rings. The van der Waals surface area contributed by atoms with Gasteiger partial charge in [0.1, 0.15) is 11.5 Å². The van der Waals surface area contributed by atoms with Crippen molar-refractivity contribution >= 4 is 22.0 Å². The van der Waals surface area contributed by atoms with Crippen LogP contribution in [0.5, 0.6) is 0 Å². The van der Waals surface area contributed by atoms with Gasteiger partial charge in [0.25, 0.3) is 0 Å². The summed E-state index contributed by atoms with van der Waals surface area (Å²) in [5.74, 6) is 0.538. The number of rotatable bonds is 2. The molecule has 1 fully saturated rings. The third-order valence-electron chi connectivity index (χ3n) is 2.67. The lowest BCUT2D eigenvalue weighted by Gasteiger charge is -2.13. The summed E-state index contributed by atoms with van der Waals surface area (Å²) in [5.41, 5.74) is 0.704. The Morgan fingerprint density at radius 1 is 1.06 bits per heavy atom. The average molecular weight is 251 g/mol. The number of aromatic carboxylic acids is 1. The van der Waals surface area contributed by atoms with Gasteiger partial charge in [0.2, 0.25) is 0 Å². The first-order valence-electron chi connectivity index (χ1n) is 5.42. The summed E-state index contributed by atoms with van der Waals surface area (Å²) in [7, 11) is -0.222. The molecule has 0 amide bonds. The van der Waals surface area contributed by atoms with Gasteiger partial charge in [-0.05, 0) is 17.7 Å². The van der Waals surface area contributed by atoms with E-state index in [-0.39, 0.29) is 21.6 Å². The van der Waals surface area contributed by atoms with Gasteiger partial charge in [-0.2, -0.15) is 0 Å². The summed E-state index contributed by atoms with van der Waals surface area (Å²) in [6.07, 6.45) is 0. The molecule has 1 aromatic carbocycles. The summed E-state index contributed by atoms with van der Waals surface area (Å²) in [4.78, 5) is 22.7. The Hall–Kier alpha value is -1.33. The summed E-state index contributed by atoms with van der Waals surface area (Å²) in [6, 6.07) is 5.99. The molecule has 1 N–H and O–H groups in total. The quantitative estimate of drug-likeness (QED) is 0.713. The van der Waals surface area contributed by atoms with Crippen LogP contribution in [0.1, 0.15) is 20.7 Å². The topological polar surface area (TPSA) is 69.2 Å². The number of hydrogen-bond acceptors (Lipinski definition) is 4. The third-order valence-corrected chi connectivity index (χ3v) is 4.82. The van der Waals surface area contributed by atoms with Gasteiger partial charge >= 0.3 is 5.12 Å². The Labute approximate surface area is 102 Å². The molecule has 0 radical (unpaired) electrons. The molecule has 5 heteroatoms. The predicted octanol–water partition coefficient (Wildman–Crippen LogP) is -0.588. The standard InChI is InChI=1S/C12H13NO3S/c14-11(15)9-1-3-10(4-2-9)12(16)17-7-5-13-6-8-17/h1-4,13H,5-8H2. The SMILES string of the molecule is O=C([O-])c1ccc(C(=O)[S+]2CCNCC2)cc1. The zero-order valence-electron chi connectivity index (χ0n) is 9.27.